The van der Waals surface area contributed by atoms with Crippen molar-refractivity contribution in [1.82, 2.24) is 0 Å². The lowest BCUT2D eigenvalue weighted by molar-refractivity contribution is 0.352. The van der Waals surface area contributed by atoms with Crippen LogP contribution in [0.5, 0.6) is 5.75 Å². The van der Waals surface area contributed by atoms with E-state index in [-0.39, 0.29) is 23.6 Å². The first-order valence-electron chi connectivity index (χ1n) is 11.8. The monoisotopic (exact) mass is 460 g/mol. The number of halogens is 3. The average molecular weight is 460 g/mol. The lowest BCUT2D eigenvalue weighted by atomic mass is 9.84. The second-order valence-electron chi connectivity index (χ2n) is 8.68. The summed E-state index contributed by atoms with van der Waals surface area (Å²) >= 11 is 0. The van der Waals surface area contributed by atoms with E-state index in [4.69, 9.17) is 4.74 Å². The Kier molecular flexibility index (Phi) is 7.61. The summed E-state index contributed by atoms with van der Waals surface area (Å²) in [5.74, 6) is -1.69. The van der Waals surface area contributed by atoms with Crippen LogP contribution in [0.25, 0.3) is 27.8 Å². The van der Waals surface area contributed by atoms with Gasteiger partial charge in [0.25, 0.3) is 0 Å². The van der Waals surface area contributed by atoms with Gasteiger partial charge in [-0.1, -0.05) is 48.6 Å². The SMILES string of the molecule is BCOc1ccc(-c2ccc(-c3ccc(C4=CCC(CCC=C)CC4)cc3F)cc2)c(F)c1F. The predicted octanol–water partition coefficient (Wildman–Crippen LogP) is 7.56. The minimum Gasteiger partial charge on any atom is -0.500 e. The van der Waals surface area contributed by atoms with Gasteiger partial charge in [0, 0.05) is 11.1 Å². The van der Waals surface area contributed by atoms with Crippen molar-refractivity contribution in [1.29, 1.82) is 0 Å². The highest BCUT2D eigenvalue weighted by Crippen LogP contribution is 2.35. The Morgan fingerprint density at radius 1 is 0.912 bits per heavy atom. The molecule has 1 aliphatic rings. The van der Waals surface area contributed by atoms with Crippen LogP contribution in [0.4, 0.5) is 13.2 Å². The first kappa shape index (κ1) is 23.9. The number of hydrogen-bond acceptors (Lipinski definition) is 1. The fourth-order valence-electron chi connectivity index (χ4n) is 4.57. The first-order valence-corrected chi connectivity index (χ1v) is 11.8. The maximum absolute atomic E-state index is 15.0. The van der Waals surface area contributed by atoms with E-state index in [2.05, 4.69) is 12.7 Å². The molecule has 1 atom stereocenters. The molecule has 3 aromatic carbocycles. The Hall–Kier alpha value is -3.21. The van der Waals surface area contributed by atoms with Crippen molar-refractivity contribution in [3.8, 4) is 28.0 Å². The molecule has 0 saturated carbocycles. The van der Waals surface area contributed by atoms with Crippen molar-refractivity contribution in [2.24, 2.45) is 5.92 Å². The van der Waals surface area contributed by atoms with Crippen LogP contribution in [0.2, 0.25) is 0 Å². The zero-order valence-corrected chi connectivity index (χ0v) is 19.4. The van der Waals surface area contributed by atoms with Gasteiger partial charge in [-0.05, 0) is 78.5 Å². The van der Waals surface area contributed by atoms with Gasteiger partial charge in [-0.25, -0.2) is 8.78 Å². The summed E-state index contributed by atoms with van der Waals surface area (Å²) in [5, 5.41) is 0. The van der Waals surface area contributed by atoms with Gasteiger partial charge in [-0.3, -0.25) is 0 Å². The molecule has 0 heterocycles. The molecule has 0 aromatic heterocycles. The van der Waals surface area contributed by atoms with Crippen LogP contribution in [0.1, 0.15) is 37.7 Å². The third-order valence-electron chi connectivity index (χ3n) is 6.49. The Balaban J connectivity index is 1.52. The molecule has 0 radical (unpaired) electrons. The maximum Gasteiger partial charge on any atom is 0.201 e. The van der Waals surface area contributed by atoms with E-state index in [0.717, 1.165) is 37.7 Å². The summed E-state index contributed by atoms with van der Waals surface area (Å²) in [5.41, 5.74) is 3.93. The van der Waals surface area contributed by atoms with E-state index in [0.29, 0.717) is 22.6 Å². The summed E-state index contributed by atoms with van der Waals surface area (Å²) in [7, 11) is 1.71. The van der Waals surface area contributed by atoms with E-state index >= 15 is 4.39 Å². The van der Waals surface area contributed by atoms with Gasteiger partial charge in [0.1, 0.15) is 5.82 Å². The van der Waals surface area contributed by atoms with E-state index in [1.165, 1.54) is 17.7 Å². The summed E-state index contributed by atoms with van der Waals surface area (Å²) in [6, 6.07) is 15.1. The second kappa shape index (κ2) is 10.8. The highest BCUT2D eigenvalue weighted by atomic mass is 19.2. The zero-order chi connectivity index (χ0) is 24.1. The lowest BCUT2D eigenvalue weighted by Gasteiger charge is -2.22. The molecule has 4 rings (SSSR count). The molecule has 0 saturated heterocycles. The van der Waals surface area contributed by atoms with E-state index < -0.39 is 11.6 Å². The Morgan fingerprint density at radius 2 is 1.59 bits per heavy atom. The number of ether oxygens (including phenoxy) is 1. The van der Waals surface area contributed by atoms with Crippen LogP contribution in [0.3, 0.4) is 0 Å². The van der Waals surface area contributed by atoms with Gasteiger partial charge in [-0.15, -0.1) is 6.58 Å². The molecule has 1 unspecified atom stereocenters. The molecule has 0 bridgehead atoms. The van der Waals surface area contributed by atoms with Crippen molar-refractivity contribution < 1.29 is 17.9 Å². The third kappa shape index (κ3) is 5.14. The predicted molar refractivity (Wildman–Crippen MR) is 136 cm³/mol. The van der Waals surface area contributed by atoms with Crippen LogP contribution in [0, 0.1) is 23.4 Å². The molecule has 34 heavy (non-hydrogen) atoms. The Morgan fingerprint density at radius 3 is 2.21 bits per heavy atom. The lowest BCUT2D eigenvalue weighted by Crippen LogP contribution is -2.05. The standard InChI is InChI=1S/C29H28BF3O/c1-2-3-4-19-5-7-20(8-6-19)23-13-14-24(26(31)17-23)21-9-11-22(12-10-21)25-15-16-27(34-18-30)29(33)28(25)32/h2,7,9-17,19H,1,3-6,8,18,30H2. The molecule has 1 nitrogen and oxygen atoms in total. The molecule has 174 valence electrons. The molecule has 3 aromatic rings. The van der Waals surface area contributed by atoms with Crippen LogP contribution in [-0.2, 0) is 0 Å². The smallest absolute Gasteiger partial charge is 0.201 e. The van der Waals surface area contributed by atoms with Gasteiger partial charge in [0.05, 0.1) is 6.51 Å². The van der Waals surface area contributed by atoms with Crippen molar-refractivity contribution in [2.75, 3.05) is 6.51 Å². The first-order chi connectivity index (χ1) is 16.5. The minimum atomic E-state index is -1.01. The van der Waals surface area contributed by atoms with Gasteiger partial charge in [0.2, 0.25) is 5.82 Å². The molecular formula is C29H28BF3O. The van der Waals surface area contributed by atoms with Crippen molar-refractivity contribution in [3.05, 3.63) is 96.3 Å². The summed E-state index contributed by atoms with van der Waals surface area (Å²) in [4.78, 5) is 0. The quantitative estimate of drug-likeness (QED) is 0.249. The van der Waals surface area contributed by atoms with Gasteiger partial charge in [0.15, 0.2) is 19.4 Å². The Labute approximate surface area is 200 Å². The molecule has 0 N–H and O–H groups in total. The second-order valence-corrected chi connectivity index (χ2v) is 8.68. The highest BCUT2D eigenvalue weighted by molar-refractivity contribution is 6.08. The molecule has 0 fully saturated rings. The van der Waals surface area contributed by atoms with Crippen LogP contribution >= 0.6 is 0 Å². The van der Waals surface area contributed by atoms with Gasteiger partial charge < -0.3 is 4.74 Å². The number of rotatable bonds is 8. The molecular weight excluding hydrogens is 432 g/mol. The Bertz CT molecular complexity index is 1200. The van der Waals surface area contributed by atoms with Gasteiger partial charge >= 0.3 is 0 Å². The largest absolute Gasteiger partial charge is 0.500 e. The summed E-state index contributed by atoms with van der Waals surface area (Å²) < 4.78 is 48.9. The van der Waals surface area contributed by atoms with Crippen LogP contribution in [0.15, 0.2) is 73.3 Å². The molecule has 1 aliphatic carbocycles. The van der Waals surface area contributed by atoms with E-state index in [1.807, 2.05) is 12.1 Å². The zero-order valence-electron chi connectivity index (χ0n) is 19.4. The van der Waals surface area contributed by atoms with Crippen molar-refractivity contribution >= 4 is 13.4 Å². The normalized spacial score (nSPS) is 15.6. The topological polar surface area (TPSA) is 9.23 Å². The molecule has 5 heteroatoms. The molecule has 0 aliphatic heterocycles. The van der Waals surface area contributed by atoms with Crippen LogP contribution < -0.4 is 4.74 Å². The van der Waals surface area contributed by atoms with E-state index in [9.17, 15) is 8.78 Å². The van der Waals surface area contributed by atoms with Gasteiger partial charge in [-0.2, -0.15) is 4.39 Å². The third-order valence-corrected chi connectivity index (χ3v) is 6.49. The summed E-state index contributed by atoms with van der Waals surface area (Å²) in [6.07, 6.45) is 9.50. The minimum absolute atomic E-state index is 0.108. The summed E-state index contributed by atoms with van der Waals surface area (Å²) in [6.45, 7) is 4.05. The van der Waals surface area contributed by atoms with Crippen molar-refractivity contribution in [3.63, 3.8) is 0 Å². The van der Waals surface area contributed by atoms with Crippen LogP contribution in [-0.4, -0.2) is 14.4 Å². The molecule has 0 amide bonds. The number of benzene rings is 3. The maximum atomic E-state index is 15.0. The molecule has 0 spiro atoms. The fourth-order valence-corrected chi connectivity index (χ4v) is 4.57. The fraction of sp³-hybridized carbons (Fsp3) is 0.241. The average Bonchev–Trinajstić information content (AvgIpc) is 2.86. The van der Waals surface area contributed by atoms with E-state index in [1.54, 1.807) is 44.2 Å². The van der Waals surface area contributed by atoms with Crippen molar-refractivity contribution in [2.45, 2.75) is 32.1 Å². The number of allylic oxidation sites excluding steroid dienone is 3. The number of hydrogen-bond donors (Lipinski definition) is 0. The highest BCUT2D eigenvalue weighted by Gasteiger charge is 2.18.